The van der Waals surface area contributed by atoms with Crippen molar-refractivity contribution >= 4 is 5.96 Å². The summed E-state index contributed by atoms with van der Waals surface area (Å²) in [5, 5.41) is 9.70. The highest BCUT2D eigenvalue weighted by atomic mass is 16.7. The van der Waals surface area contributed by atoms with E-state index in [4.69, 9.17) is 20.9 Å². The Morgan fingerprint density at radius 2 is 2.21 bits per heavy atom. The predicted molar refractivity (Wildman–Crippen MR) is 51.6 cm³/mol. The van der Waals surface area contributed by atoms with Gasteiger partial charge in [-0.3, -0.25) is 0 Å². The Kier molecular flexibility index (Phi) is 3.68. The van der Waals surface area contributed by atoms with Gasteiger partial charge in [0.1, 0.15) is 6.10 Å². The van der Waals surface area contributed by atoms with Gasteiger partial charge in [0.05, 0.1) is 12.1 Å². The van der Waals surface area contributed by atoms with E-state index in [1.54, 1.807) is 14.0 Å². The van der Waals surface area contributed by atoms with E-state index in [1.807, 2.05) is 0 Å². The van der Waals surface area contributed by atoms with E-state index >= 15 is 0 Å². The van der Waals surface area contributed by atoms with Crippen molar-refractivity contribution in [1.29, 1.82) is 0 Å². The Morgan fingerprint density at radius 3 is 2.71 bits per heavy atom. The molecule has 1 heterocycles. The third-order valence-corrected chi connectivity index (χ3v) is 2.25. The third kappa shape index (κ3) is 2.57. The molecule has 0 aromatic rings. The summed E-state index contributed by atoms with van der Waals surface area (Å²) in [5.74, 6) is -0.0296. The van der Waals surface area contributed by atoms with Gasteiger partial charge in [-0.1, -0.05) is 0 Å². The number of aliphatic hydroxyl groups is 1. The molecule has 0 amide bonds. The second-order valence-corrected chi connectivity index (χ2v) is 3.35. The maximum atomic E-state index is 9.70. The van der Waals surface area contributed by atoms with Gasteiger partial charge in [-0.15, -0.1) is 0 Å². The fourth-order valence-corrected chi connectivity index (χ4v) is 1.50. The van der Waals surface area contributed by atoms with E-state index in [1.165, 1.54) is 0 Å². The lowest BCUT2D eigenvalue weighted by Gasteiger charge is -2.35. The highest BCUT2D eigenvalue weighted by molar-refractivity contribution is 5.75. The van der Waals surface area contributed by atoms with E-state index in [0.717, 1.165) is 0 Å². The molecule has 6 heteroatoms. The molecule has 4 atom stereocenters. The highest BCUT2D eigenvalue weighted by Crippen LogP contribution is 2.22. The minimum atomic E-state index is -0.691. The number of hydrogen-bond acceptors (Lipinski definition) is 4. The van der Waals surface area contributed by atoms with Gasteiger partial charge in [0.15, 0.2) is 12.2 Å². The second-order valence-electron chi connectivity index (χ2n) is 3.35. The van der Waals surface area contributed by atoms with Crippen LogP contribution in [0.3, 0.4) is 0 Å². The fraction of sp³-hybridized carbons (Fsp3) is 0.875. The molecule has 1 rings (SSSR count). The predicted octanol–water partition coefficient (Wildman–Crippen LogP) is -1.23. The smallest absolute Gasteiger partial charge is 0.186 e. The summed E-state index contributed by atoms with van der Waals surface area (Å²) in [6.07, 6.45) is -0.924. The van der Waals surface area contributed by atoms with Gasteiger partial charge in [-0.25, -0.2) is 4.99 Å². The summed E-state index contributed by atoms with van der Waals surface area (Å²) in [6.45, 7) is 1.76. The van der Waals surface area contributed by atoms with E-state index in [2.05, 4.69) is 4.99 Å². The Bertz CT molecular complexity index is 218. The first-order valence-corrected chi connectivity index (χ1v) is 4.49. The molecule has 0 aromatic heterocycles. The van der Waals surface area contributed by atoms with Gasteiger partial charge in [0, 0.05) is 13.5 Å². The number of ether oxygens (including phenoxy) is 2. The monoisotopic (exact) mass is 203 g/mol. The number of guanidine groups is 1. The molecule has 0 radical (unpaired) electrons. The van der Waals surface area contributed by atoms with Gasteiger partial charge in [0.2, 0.25) is 0 Å². The van der Waals surface area contributed by atoms with Crippen LogP contribution in [0.4, 0.5) is 0 Å². The van der Waals surface area contributed by atoms with Crippen LogP contribution in [0.2, 0.25) is 0 Å². The van der Waals surface area contributed by atoms with Crippen LogP contribution in [0.25, 0.3) is 0 Å². The van der Waals surface area contributed by atoms with E-state index < -0.39 is 6.10 Å². The van der Waals surface area contributed by atoms with Crippen molar-refractivity contribution in [2.24, 2.45) is 16.5 Å². The molecule has 1 saturated heterocycles. The van der Waals surface area contributed by atoms with Gasteiger partial charge < -0.3 is 26.0 Å². The third-order valence-electron chi connectivity index (χ3n) is 2.25. The molecular formula is C8H17N3O3. The van der Waals surface area contributed by atoms with Crippen molar-refractivity contribution in [3.8, 4) is 0 Å². The van der Waals surface area contributed by atoms with E-state index in [-0.39, 0.29) is 24.4 Å². The summed E-state index contributed by atoms with van der Waals surface area (Å²) in [7, 11) is 1.54. The normalized spacial score (nSPS) is 37.9. The Balaban J connectivity index is 2.67. The largest absolute Gasteiger partial charge is 0.388 e. The number of hydrogen-bond donors (Lipinski definition) is 3. The minimum Gasteiger partial charge on any atom is -0.388 e. The number of rotatable bonds is 2. The maximum absolute atomic E-state index is 9.70. The molecule has 14 heavy (non-hydrogen) atoms. The molecule has 0 aliphatic carbocycles. The van der Waals surface area contributed by atoms with Crippen LogP contribution in [0.5, 0.6) is 0 Å². The summed E-state index contributed by atoms with van der Waals surface area (Å²) >= 11 is 0. The Labute approximate surface area is 82.9 Å². The van der Waals surface area contributed by atoms with Gasteiger partial charge >= 0.3 is 0 Å². The first-order chi connectivity index (χ1) is 6.54. The number of aliphatic hydroxyl groups excluding tert-OH is 1. The van der Waals surface area contributed by atoms with Crippen molar-refractivity contribution < 1.29 is 14.6 Å². The molecular weight excluding hydrogens is 186 g/mol. The SMILES string of the molecule is COC1CC(N=C(N)N)C(O)C(C)O1. The summed E-state index contributed by atoms with van der Waals surface area (Å²) in [4.78, 5) is 3.93. The summed E-state index contributed by atoms with van der Waals surface area (Å²) in [5.41, 5.74) is 10.5. The molecule has 0 bridgehead atoms. The van der Waals surface area contributed by atoms with Crippen LogP contribution < -0.4 is 11.5 Å². The summed E-state index contributed by atoms with van der Waals surface area (Å²) < 4.78 is 10.4. The lowest BCUT2D eigenvalue weighted by atomic mass is 10.0. The topological polar surface area (TPSA) is 103 Å². The van der Waals surface area contributed by atoms with Crippen LogP contribution in [-0.2, 0) is 9.47 Å². The first kappa shape index (κ1) is 11.2. The molecule has 1 fully saturated rings. The number of methoxy groups -OCH3 is 1. The van der Waals surface area contributed by atoms with Crippen molar-refractivity contribution in [3.05, 3.63) is 0 Å². The lowest BCUT2D eigenvalue weighted by molar-refractivity contribution is -0.211. The van der Waals surface area contributed by atoms with Gasteiger partial charge in [-0.05, 0) is 6.92 Å². The van der Waals surface area contributed by atoms with Crippen molar-refractivity contribution in [2.45, 2.75) is 37.9 Å². The average molecular weight is 203 g/mol. The standard InChI is InChI=1S/C8H17N3O3/c1-4-7(12)5(11-8(9)10)3-6(13-2)14-4/h4-7,12H,3H2,1-2H3,(H4,9,10,11). The van der Waals surface area contributed by atoms with Crippen LogP contribution in [0.1, 0.15) is 13.3 Å². The Hall–Kier alpha value is -0.850. The van der Waals surface area contributed by atoms with E-state index in [0.29, 0.717) is 6.42 Å². The van der Waals surface area contributed by atoms with Crippen LogP contribution >= 0.6 is 0 Å². The maximum Gasteiger partial charge on any atom is 0.186 e. The van der Waals surface area contributed by atoms with Crippen LogP contribution in [0, 0.1) is 0 Å². The fourth-order valence-electron chi connectivity index (χ4n) is 1.50. The number of aliphatic imine (C=N–C) groups is 1. The lowest BCUT2D eigenvalue weighted by Crippen LogP contribution is -2.47. The number of nitrogens with zero attached hydrogens (tertiary/aromatic N) is 1. The zero-order valence-corrected chi connectivity index (χ0v) is 8.38. The van der Waals surface area contributed by atoms with E-state index in [9.17, 15) is 5.11 Å². The molecule has 5 N–H and O–H groups in total. The quantitative estimate of drug-likeness (QED) is 0.385. The molecule has 0 saturated carbocycles. The second kappa shape index (κ2) is 4.59. The summed E-state index contributed by atoms with van der Waals surface area (Å²) in [6, 6.07) is -0.353. The number of nitrogens with two attached hydrogens (primary N) is 2. The minimum absolute atomic E-state index is 0.0296. The molecule has 1 aliphatic rings. The molecule has 4 unspecified atom stereocenters. The zero-order valence-electron chi connectivity index (χ0n) is 8.38. The molecule has 0 spiro atoms. The van der Waals surface area contributed by atoms with Gasteiger partial charge in [-0.2, -0.15) is 0 Å². The molecule has 0 aromatic carbocycles. The first-order valence-electron chi connectivity index (χ1n) is 4.49. The van der Waals surface area contributed by atoms with Crippen molar-refractivity contribution in [2.75, 3.05) is 7.11 Å². The zero-order chi connectivity index (χ0) is 10.7. The highest BCUT2D eigenvalue weighted by Gasteiger charge is 2.35. The van der Waals surface area contributed by atoms with Crippen LogP contribution in [-0.4, -0.2) is 42.7 Å². The van der Waals surface area contributed by atoms with Crippen molar-refractivity contribution in [1.82, 2.24) is 0 Å². The molecule has 82 valence electrons. The van der Waals surface area contributed by atoms with Gasteiger partial charge in [0.25, 0.3) is 0 Å². The average Bonchev–Trinajstić information content (AvgIpc) is 2.11. The Morgan fingerprint density at radius 1 is 1.57 bits per heavy atom. The van der Waals surface area contributed by atoms with Crippen LogP contribution in [0.15, 0.2) is 4.99 Å². The molecule has 6 nitrogen and oxygen atoms in total. The van der Waals surface area contributed by atoms with Crippen molar-refractivity contribution in [3.63, 3.8) is 0 Å². The molecule has 1 aliphatic heterocycles.